The van der Waals surface area contributed by atoms with E-state index >= 15 is 0 Å². The van der Waals surface area contributed by atoms with Crippen LogP contribution >= 0.6 is 0 Å². The average molecular weight is 303 g/mol. The minimum absolute atomic E-state index is 0.165. The van der Waals surface area contributed by atoms with Crippen LogP contribution in [0.2, 0.25) is 0 Å². The zero-order valence-electron chi connectivity index (χ0n) is 13.3. The Hall–Kier alpha value is -2.27. The molecule has 2 rings (SSSR count). The van der Waals surface area contributed by atoms with Gasteiger partial charge >= 0.3 is 0 Å². The number of rotatable bonds is 5. The van der Waals surface area contributed by atoms with Gasteiger partial charge < -0.3 is 19.1 Å². The predicted molar refractivity (Wildman–Crippen MR) is 86.8 cm³/mol. The molecular weight excluding hydrogens is 282 g/mol. The summed E-state index contributed by atoms with van der Waals surface area (Å²) in [5, 5.41) is 10.8. The molecule has 118 valence electrons. The van der Waals surface area contributed by atoms with Crippen LogP contribution in [-0.2, 0) is 13.5 Å². The number of hydrogen-bond acceptors (Lipinski definition) is 4. The highest BCUT2D eigenvalue weighted by molar-refractivity contribution is 5.91. The summed E-state index contributed by atoms with van der Waals surface area (Å²) in [7, 11) is 4.76. The molecule has 5 nitrogen and oxygen atoms in total. The summed E-state index contributed by atoms with van der Waals surface area (Å²) in [6, 6.07) is 5.50. The standard InChI is InChI=1S/C17H21NO4/c1-10(2)13(19)9-12-16(22-5)11-7-6-8-14(21-4)15(11)18(3)17(12)20/h6-8,13,19H,1,9H2,2-5H3. The van der Waals surface area contributed by atoms with Crippen LogP contribution in [0.3, 0.4) is 0 Å². The van der Waals surface area contributed by atoms with E-state index in [2.05, 4.69) is 6.58 Å². The third-order valence-electron chi connectivity index (χ3n) is 3.81. The first-order valence-electron chi connectivity index (χ1n) is 6.98. The molecule has 0 bridgehead atoms. The Labute approximate surface area is 129 Å². The molecule has 1 aromatic heterocycles. The highest BCUT2D eigenvalue weighted by atomic mass is 16.5. The summed E-state index contributed by atoms with van der Waals surface area (Å²) >= 11 is 0. The highest BCUT2D eigenvalue weighted by Crippen LogP contribution is 2.33. The molecule has 1 heterocycles. The molecule has 0 aliphatic carbocycles. The van der Waals surface area contributed by atoms with E-state index in [1.807, 2.05) is 12.1 Å². The van der Waals surface area contributed by atoms with Gasteiger partial charge in [-0.15, -0.1) is 0 Å². The Bertz CT molecular complexity index is 776. The number of methoxy groups -OCH3 is 2. The van der Waals surface area contributed by atoms with Crippen molar-refractivity contribution in [3.05, 3.63) is 46.3 Å². The summed E-state index contributed by atoms with van der Waals surface area (Å²) in [5.41, 5.74) is 1.49. The van der Waals surface area contributed by atoms with Crippen molar-refractivity contribution in [3.8, 4) is 11.5 Å². The van der Waals surface area contributed by atoms with Crippen LogP contribution in [0.25, 0.3) is 10.9 Å². The van der Waals surface area contributed by atoms with E-state index < -0.39 is 6.10 Å². The Morgan fingerprint density at radius 1 is 1.36 bits per heavy atom. The minimum atomic E-state index is -0.787. The number of hydrogen-bond donors (Lipinski definition) is 1. The summed E-state index contributed by atoms with van der Waals surface area (Å²) in [6.07, 6.45) is -0.622. The first-order chi connectivity index (χ1) is 10.4. The van der Waals surface area contributed by atoms with Crippen molar-refractivity contribution in [3.63, 3.8) is 0 Å². The van der Waals surface area contributed by atoms with E-state index in [4.69, 9.17) is 9.47 Å². The van der Waals surface area contributed by atoms with Gasteiger partial charge in [0.1, 0.15) is 11.5 Å². The molecule has 0 aliphatic heterocycles. The van der Waals surface area contributed by atoms with E-state index in [9.17, 15) is 9.90 Å². The van der Waals surface area contributed by atoms with E-state index in [1.165, 1.54) is 11.7 Å². The monoisotopic (exact) mass is 303 g/mol. The number of nitrogens with zero attached hydrogens (tertiary/aromatic N) is 1. The zero-order chi connectivity index (χ0) is 16.4. The molecule has 0 spiro atoms. The fourth-order valence-electron chi connectivity index (χ4n) is 2.56. The van der Waals surface area contributed by atoms with Gasteiger partial charge in [-0.25, -0.2) is 0 Å². The minimum Gasteiger partial charge on any atom is -0.496 e. The number of pyridine rings is 1. The van der Waals surface area contributed by atoms with Crippen LogP contribution in [-0.4, -0.2) is 30.0 Å². The Balaban J connectivity index is 2.81. The number of aromatic nitrogens is 1. The van der Waals surface area contributed by atoms with Crippen LogP contribution in [0.5, 0.6) is 11.5 Å². The first-order valence-corrected chi connectivity index (χ1v) is 6.98. The molecule has 5 heteroatoms. The van der Waals surface area contributed by atoms with Crippen LogP contribution in [0.15, 0.2) is 35.1 Å². The third-order valence-corrected chi connectivity index (χ3v) is 3.81. The van der Waals surface area contributed by atoms with Gasteiger partial charge in [0.2, 0.25) is 0 Å². The molecule has 1 atom stereocenters. The number of aryl methyl sites for hydroxylation is 1. The number of aliphatic hydroxyl groups is 1. The molecule has 0 saturated carbocycles. The maximum atomic E-state index is 12.7. The highest BCUT2D eigenvalue weighted by Gasteiger charge is 2.20. The van der Waals surface area contributed by atoms with Gasteiger partial charge in [-0.05, 0) is 19.1 Å². The molecule has 1 unspecified atom stereocenters. The average Bonchev–Trinajstić information content (AvgIpc) is 2.51. The van der Waals surface area contributed by atoms with Gasteiger partial charge in [0.05, 0.1) is 31.4 Å². The lowest BCUT2D eigenvalue weighted by Crippen LogP contribution is -2.26. The van der Waals surface area contributed by atoms with Crippen molar-refractivity contribution in [1.29, 1.82) is 0 Å². The van der Waals surface area contributed by atoms with Gasteiger partial charge in [0, 0.05) is 18.9 Å². The van der Waals surface area contributed by atoms with E-state index in [-0.39, 0.29) is 12.0 Å². The third kappa shape index (κ3) is 2.60. The van der Waals surface area contributed by atoms with Crippen LogP contribution in [0.4, 0.5) is 0 Å². The van der Waals surface area contributed by atoms with Crippen molar-refractivity contribution in [2.45, 2.75) is 19.4 Å². The van der Waals surface area contributed by atoms with Gasteiger partial charge in [0.15, 0.2) is 0 Å². The second-order valence-electron chi connectivity index (χ2n) is 5.30. The fraction of sp³-hybridized carbons (Fsp3) is 0.353. The SMILES string of the molecule is C=C(C)C(O)Cc1c(OC)c2cccc(OC)c2n(C)c1=O. The largest absolute Gasteiger partial charge is 0.496 e. The van der Waals surface area contributed by atoms with Crippen molar-refractivity contribution in [2.24, 2.45) is 7.05 Å². The van der Waals surface area contributed by atoms with E-state index in [1.54, 1.807) is 27.1 Å². The number of fused-ring (bicyclic) bond motifs is 1. The number of ether oxygens (including phenoxy) is 2. The van der Waals surface area contributed by atoms with Gasteiger partial charge in [-0.3, -0.25) is 4.79 Å². The number of para-hydroxylation sites is 1. The molecule has 1 aromatic carbocycles. The first kappa shape index (κ1) is 16.1. The smallest absolute Gasteiger partial charge is 0.257 e. The summed E-state index contributed by atoms with van der Waals surface area (Å²) in [6.45, 7) is 5.46. The van der Waals surface area contributed by atoms with Crippen molar-refractivity contribution < 1.29 is 14.6 Å². The van der Waals surface area contributed by atoms with Gasteiger partial charge in [-0.2, -0.15) is 0 Å². The lowest BCUT2D eigenvalue weighted by Gasteiger charge is -2.18. The summed E-state index contributed by atoms with van der Waals surface area (Å²) in [4.78, 5) is 12.7. The molecule has 0 radical (unpaired) electrons. The summed E-state index contributed by atoms with van der Waals surface area (Å²) < 4.78 is 12.3. The zero-order valence-corrected chi connectivity index (χ0v) is 13.3. The maximum absolute atomic E-state index is 12.7. The molecule has 1 N–H and O–H groups in total. The van der Waals surface area contributed by atoms with Crippen molar-refractivity contribution >= 4 is 10.9 Å². The molecule has 22 heavy (non-hydrogen) atoms. The number of benzene rings is 1. The molecule has 0 aliphatic rings. The fourth-order valence-corrected chi connectivity index (χ4v) is 2.56. The van der Waals surface area contributed by atoms with Crippen LogP contribution < -0.4 is 15.0 Å². The van der Waals surface area contributed by atoms with Crippen LogP contribution in [0.1, 0.15) is 12.5 Å². The van der Waals surface area contributed by atoms with Gasteiger partial charge in [-0.1, -0.05) is 18.2 Å². The number of aliphatic hydroxyl groups excluding tert-OH is 1. The molecule has 2 aromatic rings. The second kappa shape index (κ2) is 6.23. The molecule has 0 fully saturated rings. The van der Waals surface area contributed by atoms with Gasteiger partial charge in [0.25, 0.3) is 5.56 Å². The van der Waals surface area contributed by atoms with Crippen molar-refractivity contribution in [2.75, 3.05) is 14.2 Å². The van der Waals surface area contributed by atoms with Crippen LogP contribution in [0, 0.1) is 0 Å². The lowest BCUT2D eigenvalue weighted by molar-refractivity contribution is 0.210. The summed E-state index contributed by atoms with van der Waals surface area (Å²) in [5.74, 6) is 1.07. The van der Waals surface area contributed by atoms with Crippen molar-refractivity contribution in [1.82, 2.24) is 4.57 Å². The second-order valence-corrected chi connectivity index (χ2v) is 5.30. The molecule has 0 saturated heterocycles. The molecule has 0 amide bonds. The predicted octanol–water partition coefficient (Wildman–Crippen LogP) is 2.04. The Morgan fingerprint density at radius 3 is 2.59 bits per heavy atom. The Morgan fingerprint density at radius 2 is 2.05 bits per heavy atom. The van der Waals surface area contributed by atoms with E-state index in [0.29, 0.717) is 28.2 Å². The topological polar surface area (TPSA) is 60.7 Å². The normalized spacial score (nSPS) is 12.2. The quantitative estimate of drug-likeness (QED) is 0.859. The lowest BCUT2D eigenvalue weighted by atomic mass is 10.0. The Kier molecular flexibility index (Phi) is 4.56. The van der Waals surface area contributed by atoms with E-state index in [0.717, 1.165) is 5.39 Å². The molecular formula is C17H21NO4. The maximum Gasteiger partial charge on any atom is 0.257 e.